The van der Waals surface area contributed by atoms with Crippen molar-refractivity contribution >= 4 is 23.0 Å². The Balaban J connectivity index is 2.04. The van der Waals surface area contributed by atoms with E-state index in [2.05, 4.69) is 43.4 Å². The topological polar surface area (TPSA) is 38.0 Å². The third-order valence-corrected chi connectivity index (χ3v) is 3.51. The van der Waals surface area contributed by atoms with E-state index in [1.165, 1.54) is 11.1 Å². The van der Waals surface area contributed by atoms with Gasteiger partial charge in [0.05, 0.1) is 16.4 Å². The molecule has 2 aromatic carbocycles. The Morgan fingerprint density at radius 1 is 1.11 bits per heavy atom. The Bertz CT molecular complexity index is 547. The number of para-hydroxylation sites is 1. The summed E-state index contributed by atoms with van der Waals surface area (Å²) < 4.78 is 0. The Hall–Kier alpha value is -1.67. The van der Waals surface area contributed by atoms with Gasteiger partial charge in [0.25, 0.3) is 0 Å². The molecule has 0 atom stereocenters. The van der Waals surface area contributed by atoms with Crippen LogP contribution in [0, 0.1) is 0 Å². The van der Waals surface area contributed by atoms with Crippen LogP contribution in [0.15, 0.2) is 42.5 Å². The van der Waals surface area contributed by atoms with Crippen LogP contribution in [0.4, 0.5) is 11.4 Å². The third kappa shape index (κ3) is 3.42. The maximum Gasteiger partial charge on any atom is 0.0739 e. The molecule has 0 aliphatic rings. The fraction of sp³-hybridized carbons (Fsp3) is 0.250. The summed E-state index contributed by atoms with van der Waals surface area (Å²) in [5, 5.41) is 3.89. The minimum absolute atomic E-state index is 0.561. The van der Waals surface area contributed by atoms with Crippen molar-refractivity contribution in [2.45, 2.75) is 26.3 Å². The van der Waals surface area contributed by atoms with Gasteiger partial charge in [0.15, 0.2) is 0 Å². The van der Waals surface area contributed by atoms with E-state index < -0.39 is 0 Å². The van der Waals surface area contributed by atoms with Crippen molar-refractivity contribution < 1.29 is 0 Å². The zero-order valence-electron chi connectivity index (χ0n) is 11.3. The number of nitrogens with one attached hydrogen (secondary N) is 1. The van der Waals surface area contributed by atoms with E-state index in [4.69, 9.17) is 17.3 Å². The molecule has 0 heterocycles. The Labute approximate surface area is 119 Å². The summed E-state index contributed by atoms with van der Waals surface area (Å²) in [5.41, 5.74) is 9.97. The standard InChI is InChI=1S/C16H19ClN2/c1-11(2)13-8-6-12(7-9-13)10-19-15-5-3-4-14(17)16(15)18/h3-9,11,19H,10,18H2,1-2H3. The molecule has 3 heteroatoms. The summed E-state index contributed by atoms with van der Waals surface area (Å²) in [7, 11) is 0. The van der Waals surface area contributed by atoms with Crippen LogP contribution in [0.5, 0.6) is 0 Å². The fourth-order valence-corrected chi connectivity index (χ4v) is 2.08. The lowest BCUT2D eigenvalue weighted by Gasteiger charge is -2.11. The highest BCUT2D eigenvalue weighted by molar-refractivity contribution is 6.33. The van der Waals surface area contributed by atoms with E-state index in [1.807, 2.05) is 12.1 Å². The number of benzene rings is 2. The Morgan fingerprint density at radius 3 is 2.42 bits per heavy atom. The van der Waals surface area contributed by atoms with E-state index in [-0.39, 0.29) is 0 Å². The SMILES string of the molecule is CC(C)c1ccc(CNc2cccc(Cl)c2N)cc1. The number of nitrogen functional groups attached to an aromatic ring is 1. The minimum atomic E-state index is 0.561. The number of halogens is 1. The van der Waals surface area contributed by atoms with Crippen molar-refractivity contribution in [3.63, 3.8) is 0 Å². The molecule has 2 nitrogen and oxygen atoms in total. The maximum absolute atomic E-state index is 5.99. The van der Waals surface area contributed by atoms with E-state index in [1.54, 1.807) is 6.07 Å². The van der Waals surface area contributed by atoms with Crippen molar-refractivity contribution in [2.24, 2.45) is 0 Å². The second kappa shape index (κ2) is 5.98. The highest BCUT2D eigenvalue weighted by Crippen LogP contribution is 2.27. The van der Waals surface area contributed by atoms with Crippen molar-refractivity contribution in [1.82, 2.24) is 0 Å². The summed E-state index contributed by atoms with van der Waals surface area (Å²) in [5.74, 6) is 0.561. The summed E-state index contributed by atoms with van der Waals surface area (Å²) in [4.78, 5) is 0. The monoisotopic (exact) mass is 274 g/mol. The average Bonchev–Trinajstić information content (AvgIpc) is 2.41. The first-order valence-corrected chi connectivity index (χ1v) is 6.82. The fourth-order valence-electron chi connectivity index (χ4n) is 1.91. The van der Waals surface area contributed by atoms with Crippen LogP contribution in [-0.2, 0) is 6.54 Å². The molecule has 2 rings (SSSR count). The van der Waals surface area contributed by atoms with Gasteiger partial charge in [0.1, 0.15) is 0 Å². The lowest BCUT2D eigenvalue weighted by Crippen LogP contribution is -2.03. The van der Waals surface area contributed by atoms with Gasteiger partial charge in [-0.15, -0.1) is 0 Å². The maximum atomic E-state index is 5.99. The van der Waals surface area contributed by atoms with Gasteiger partial charge < -0.3 is 11.1 Å². The zero-order chi connectivity index (χ0) is 13.8. The molecule has 0 saturated heterocycles. The second-order valence-corrected chi connectivity index (χ2v) is 5.36. The van der Waals surface area contributed by atoms with Crippen LogP contribution >= 0.6 is 11.6 Å². The van der Waals surface area contributed by atoms with Gasteiger partial charge in [0.2, 0.25) is 0 Å². The van der Waals surface area contributed by atoms with Gasteiger partial charge in [-0.3, -0.25) is 0 Å². The molecule has 0 unspecified atom stereocenters. The van der Waals surface area contributed by atoms with Crippen molar-refractivity contribution in [2.75, 3.05) is 11.1 Å². The second-order valence-electron chi connectivity index (χ2n) is 4.95. The predicted molar refractivity (Wildman–Crippen MR) is 83.7 cm³/mol. The molecule has 0 spiro atoms. The van der Waals surface area contributed by atoms with E-state index in [0.717, 1.165) is 12.2 Å². The summed E-state index contributed by atoms with van der Waals surface area (Å²) in [6.45, 7) is 5.13. The molecule has 0 aromatic heterocycles. The van der Waals surface area contributed by atoms with Crippen LogP contribution in [0.3, 0.4) is 0 Å². The lowest BCUT2D eigenvalue weighted by molar-refractivity contribution is 0.865. The quantitative estimate of drug-likeness (QED) is 0.796. The molecule has 0 aliphatic carbocycles. The molecule has 3 N–H and O–H groups in total. The molecule has 0 aliphatic heterocycles. The zero-order valence-corrected chi connectivity index (χ0v) is 12.0. The van der Waals surface area contributed by atoms with Gasteiger partial charge in [0, 0.05) is 6.54 Å². The highest BCUT2D eigenvalue weighted by Gasteiger charge is 2.03. The third-order valence-electron chi connectivity index (χ3n) is 3.18. The van der Waals surface area contributed by atoms with Gasteiger partial charge in [-0.1, -0.05) is 55.8 Å². The number of hydrogen-bond acceptors (Lipinski definition) is 2. The molecule has 100 valence electrons. The first-order valence-electron chi connectivity index (χ1n) is 6.44. The number of anilines is 2. The summed E-state index contributed by atoms with van der Waals surface area (Å²) in [6.07, 6.45) is 0. The number of nitrogens with two attached hydrogens (primary N) is 1. The van der Waals surface area contributed by atoms with Crippen LogP contribution in [0.1, 0.15) is 30.9 Å². The molecule has 0 saturated carbocycles. The first kappa shape index (κ1) is 13.8. The summed E-state index contributed by atoms with van der Waals surface area (Å²) >= 11 is 5.99. The molecule has 0 radical (unpaired) electrons. The molecule has 0 amide bonds. The molecular weight excluding hydrogens is 256 g/mol. The van der Waals surface area contributed by atoms with Gasteiger partial charge in [-0.2, -0.15) is 0 Å². The minimum Gasteiger partial charge on any atom is -0.396 e. The Kier molecular flexibility index (Phi) is 4.33. The lowest BCUT2D eigenvalue weighted by atomic mass is 10.0. The van der Waals surface area contributed by atoms with Crippen molar-refractivity contribution in [3.8, 4) is 0 Å². The normalized spacial score (nSPS) is 10.7. The Morgan fingerprint density at radius 2 is 1.79 bits per heavy atom. The van der Waals surface area contributed by atoms with Crippen molar-refractivity contribution in [1.29, 1.82) is 0 Å². The van der Waals surface area contributed by atoms with E-state index in [9.17, 15) is 0 Å². The highest BCUT2D eigenvalue weighted by atomic mass is 35.5. The smallest absolute Gasteiger partial charge is 0.0739 e. The van der Waals surface area contributed by atoms with Gasteiger partial charge >= 0.3 is 0 Å². The number of hydrogen-bond donors (Lipinski definition) is 2. The van der Waals surface area contributed by atoms with Crippen LogP contribution < -0.4 is 11.1 Å². The largest absolute Gasteiger partial charge is 0.396 e. The van der Waals surface area contributed by atoms with Crippen LogP contribution in [-0.4, -0.2) is 0 Å². The van der Waals surface area contributed by atoms with Gasteiger partial charge in [-0.25, -0.2) is 0 Å². The summed E-state index contributed by atoms with van der Waals surface area (Å²) in [6, 6.07) is 14.2. The van der Waals surface area contributed by atoms with E-state index >= 15 is 0 Å². The first-order chi connectivity index (χ1) is 9.08. The number of rotatable bonds is 4. The van der Waals surface area contributed by atoms with Crippen molar-refractivity contribution in [3.05, 3.63) is 58.6 Å². The molecule has 2 aromatic rings. The molecule has 0 bridgehead atoms. The predicted octanol–water partition coefficient (Wildman–Crippen LogP) is 4.66. The van der Waals surface area contributed by atoms with E-state index in [0.29, 0.717) is 16.6 Å². The molecule has 19 heavy (non-hydrogen) atoms. The molecular formula is C16H19ClN2. The van der Waals surface area contributed by atoms with Gasteiger partial charge in [-0.05, 0) is 29.2 Å². The van der Waals surface area contributed by atoms with Crippen LogP contribution in [0.25, 0.3) is 0 Å². The average molecular weight is 275 g/mol. The molecule has 0 fully saturated rings. The van der Waals surface area contributed by atoms with Crippen LogP contribution in [0.2, 0.25) is 5.02 Å².